The van der Waals surface area contributed by atoms with Crippen molar-refractivity contribution in [1.29, 1.82) is 0 Å². The summed E-state index contributed by atoms with van der Waals surface area (Å²) in [4.78, 5) is 23.3. The maximum Gasteiger partial charge on any atom is 0.573 e. The number of hydrogen-bond acceptors (Lipinski definition) is 5. The zero-order valence-corrected chi connectivity index (χ0v) is 17.5. The Labute approximate surface area is 177 Å². The van der Waals surface area contributed by atoms with Gasteiger partial charge in [-0.15, -0.1) is 13.2 Å². The molecule has 2 rings (SSSR count). The number of hydrogen-bond donors (Lipinski definition) is 2. The van der Waals surface area contributed by atoms with Crippen molar-refractivity contribution in [1.82, 2.24) is 10.0 Å². The second-order valence-corrected chi connectivity index (χ2v) is 8.40. The number of Topliss-reactive ketones (excluding diaryl/α,β-unsaturated/α-hetero) is 1. The molecule has 1 unspecified atom stereocenters. The van der Waals surface area contributed by atoms with Crippen LogP contribution in [0.4, 0.5) is 13.2 Å². The van der Waals surface area contributed by atoms with E-state index in [9.17, 15) is 31.2 Å². The lowest BCUT2D eigenvalue weighted by Gasteiger charge is -2.15. The van der Waals surface area contributed by atoms with E-state index in [-0.39, 0.29) is 29.4 Å². The van der Waals surface area contributed by atoms with Crippen LogP contribution in [0.2, 0.25) is 0 Å². The van der Waals surface area contributed by atoms with Gasteiger partial charge in [0.15, 0.2) is 5.78 Å². The highest BCUT2D eigenvalue weighted by Gasteiger charge is 2.31. The Bertz CT molecular complexity index is 1020. The SMILES string of the molecule is CC(=O)c1ccc(S(=O)(=O)NCCC(=O)NC(C)c2ccc(OC(F)(F)F)cc2)cc1. The molecule has 2 aromatic rings. The number of carbonyl (C=O) groups is 2. The zero-order valence-electron chi connectivity index (χ0n) is 16.7. The van der Waals surface area contributed by atoms with Gasteiger partial charge in [-0.25, -0.2) is 13.1 Å². The van der Waals surface area contributed by atoms with Gasteiger partial charge in [0, 0.05) is 18.5 Å². The maximum absolute atomic E-state index is 12.2. The molecule has 1 amide bonds. The van der Waals surface area contributed by atoms with E-state index in [1.54, 1.807) is 6.92 Å². The van der Waals surface area contributed by atoms with Gasteiger partial charge >= 0.3 is 6.36 Å². The first-order valence-electron chi connectivity index (χ1n) is 9.13. The molecule has 0 aliphatic carbocycles. The van der Waals surface area contributed by atoms with E-state index in [1.807, 2.05) is 0 Å². The minimum atomic E-state index is -4.79. The number of nitrogens with one attached hydrogen (secondary N) is 2. The summed E-state index contributed by atoms with van der Waals surface area (Å²) in [6.07, 6.45) is -4.94. The number of carbonyl (C=O) groups excluding carboxylic acids is 2. The van der Waals surface area contributed by atoms with Crippen LogP contribution in [0.3, 0.4) is 0 Å². The number of amides is 1. The van der Waals surface area contributed by atoms with Crippen LogP contribution in [-0.2, 0) is 14.8 Å². The molecule has 0 radical (unpaired) electrons. The summed E-state index contributed by atoms with van der Waals surface area (Å²) in [6, 6.07) is 9.93. The number of halogens is 3. The highest BCUT2D eigenvalue weighted by atomic mass is 32.2. The Kier molecular flexibility index (Phi) is 7.80. The first-order valence-corrected chi connectivity index (χ1v) is 10.6. The number of sulfonamides is 1. The van der Waals surface area contributed by atoms with E-state index in [2.05, 4.69) is 14.8 Å². The lowest BCUT2D eigenvalue weighted by Crippen LogP contribution is -2.32. The molecule has 0 heterocycles. The van der Waals surface area contributed by atoms with E-state index in [1.165, 1.54) is 43.3 Å². The minimum Gasteiger partial charge on any atom is -0.406 e. The van der Waals surface area contributed by atoms with E-state index >= 15 is 0 Å². The van der Waals surface area contributed by atoms with Gasteiger partial charge in [0.2, 0.25) is 15.9 Å². The summed E-state index contributed by atoms with van der Waals surface area (Å²) in [5.74, 6) is -1.01. The number of alkyl halides is 3. The van der Waals surface area contributed by atoms with Crippen molar-refractivity contribution in [3.05, 3.63) is 59.7 Å². The quantitative estimate of drug-likeness (QED) is 0.562. The summed E-state index contributed by atoms with van der Waals surface area (Å²) in [6.45, 7) is 2.85. The smallest absolute Gasteiger partial charge is 0.406 e. The molecule has 168 valence electrons. The molecule has 7 nitrogen and oxygen atoms in total. The average molecular weight is 458 g/mol. The van der Waals surface area contributed by atoms with Crippen molar-refractivity contribution < 1.29 is 35.9 Å². The molecule has 11 heteroatoms. The third-order valence-corrected chi connectivity index (χ3v) is 5.68. The fourth-order valence-corrected chi connectivity index (χ4v) is 3.64. The third kappa shape index (κ3) is 7.68. The van der Waals surface area contributed by atoms with E-state index in [4.69, 9.17) is 0 Å². The summed E-state index contributed by atoms with van der Waals surface area (Å²) in [5.41, 5.74) is 0.930. The van der Waals surface area contributed by atoms with Crippen LogP contribution in [0.1, 0.15) is 42.2 Å². The van der Waals surface area contributed by atoms with Crippen molar-refractivity contribution in [3.8, 4) is 5.75 Å². The van der Waals surface area contributed by atoms with Crippen molar-refractivity contribution in [2.75, 3.05) is 6.54 Å². The van der Waals surface area contributed by atoms with Gasteiger partial charge in [-0.2, -0.15) is 0 Å². The topological polar surface area (TPSA) is 102 Å². The fraction of sp³-hybridized carbons (Fsp3) is 0.300. The second-order valence-electron chi connectivity index (χ2n) is 6.63. The summed E-state index contributed by atoms with van der Waals surface area (Å²) >= 11 is 0. The fourth-order valence-electron chi connectivity index (χ4n) is 2.61. The third-order valence-electron chi connectivity index (χ3n) is 4.21. The molecule has 0 aromatic heterocycles. The first kappa shape index (κ1) is 24.4. The number of benzene rings is 2. The van der Waals surface area contributed by atoms with E-state index in [0.717, 1.165) is 12.1 Å². The van der Waals surface area contributed by atoms with Crippen molar-refractivity contribution in [2.45, 2.75) is 37.6 Å². The highest BCUT2D eigenvalue weighted by Crippen LogP contribution is 2.24. The molecule has 2 N–H and O–H groups in total. The van der Waals surface area contributed by atoms with Gasteiger partial charge in [0.25, 0.3) is 0 Å². The van der Waals surface area contributed by atoms with Crippen molar-refractivity contribution >= 4 is 21.7 Å². The molecule has 1 atom stereocenters. The van der Waals surface area contributed by atoms with Crippen LogP contribution in [0.25, 0.3) is 0 Å². The Morgan fingerprint density at radius 3 is 2.13 bits per heavy atom. The van der Waals surface area contributed by atoms with Crippen LogP contribution in [0, 0.1) is 0 Å². The molecule has 0 aliphatic rings. The van der Waals surface area contributed by atoms with Gasteiger partial charge in [0.1, 0.15) is 5.75 Å². The number of ketones is 1. The van der Waals surface area contributed by atoms with Gasteiger partial charge < -0.3 is 10.1 Å². The molecule has 0 fully saturated rings. The van der Waals surface area contributed by atoms with Crippen LogP contribution in [-0.4, -0.2) is 33.0 Å². The predicted octanol–water partition coefficient (Wildman–Crippen LogP) is 3.33. The zero-order chi connectivity index (χ0) is 23.2. The lowest BCUT2D eigenvalue weighted by molar-refractivity contribution is -0.274. The maximum atomic E-state index is 12.2. The van der Waals surface area contributed by atoms with Crippen LogP contribution in [0.5, 0.6) is 5.75 Å². The monoisotopic (exact) mass is 458 g/mol. The first-order chi connectivity index (χ1) is 14.4. The Hall–Kier alpha value is -2.92. The molecule has 31 heavy (non-hydrogen) atoms. The van der Waals surface area contributed by atoms with Gasteiger partial charge in [0.05, 0.1) is 10.9 Å². The molecule has 0 aliphatic heterocycles. The molecule has 0 bridgehead atoms. The van der Waals surface area contributed by atoms with Gasteiger partial charge in [-0.05, 0) is 43.7 Å². The van der Waals surface area contributed by atoms with Crippen molar-refractivity contribution in [3.63, 3.8) is 0 Å². The molecule has 0 saturated carbocycles. The van der Waals surface area contributed by atoms with Crippen molar-refractivity contribution in [2.24, 2.45) is 0 Å². The predicted molar refractivity (Wildman–Crippen MR) is 106 cm³/mol. The minimum absolute atomic E-state index is 0.0348. The molecule has 0 spiro atoms. The summed E-state index contributed by atoms with van der Waals surface area (Å²) in [7, 11) is -3.85. The van der Waals surface area contributed by atoms with Crippen LogP contribution < -0.4 is 14.8 Å². The van der Waals surface area contributed by atoms with Gasteiger partial charge in [-0.3, -0.25) is 9.59 Å². The second kappa shape index (κ2) is 9.92. The lowest BCUT2D eigenvalue weighted by atomic mass is 10.1. The largest absolute Gasteiger partial charge is 0.573 e. The molecular formula is C20H21F3N2O5S. The Morgan fingerprint density at radius 2 is 1.61 bits per heavy atom. The number of ether oxygens (including phenoxy) is 1. The molecular weight excluding hydrogens is 437 g/mol. The standard InChI is InChI=1S/C20H21F3N2O5S/c1-13(15-3-7-17(8-4-15)30-20(21,22)23)25-19(27)11-12-24-31(28,29)18-9-5-16(6-10-18)14(2)26/h3-10,13,24H,11-12H2,1-2H3,(H,25,27). The summed E-state index contributed by atoms with van der Waals surface area (Å²) in [5, 5.41) is 2.64. The van der Waals surface area contributed by atoms with Crippen LogP contribution >= 0.6 is 0 Å². The Balaban J connectivity index is 1.85. The molecule has 0 saturated heterocycles. The highest BCUT2D eigenvalue weighted by molar-refractivity contribution is 7.89. The van der Waals surface area contributed by atoms with Crippen LogP contribution in [0.15, 0.2) is 53.4 Å². The Morgan fingerprint density at radius 1 is 1.03 bits per heavy atom. The number of rotatable bonds is 9. The summed E-state index contributed by atoms with van der Waals surface area (Å²) < 4.78 is 67.2. The average Bonchev–Trinajstić information content (AvgIpc) is 2.67. The normalized spacial score (nSPS) is 12.8. The van der Waals surface area contributed by atoms with E-state index in [0.29, 0.717) is 11.1 Å². The van der Waals surface area contributed by atoms with E-state index < -0.39 is 28.3 Å². The van der Waals surface area contributed by atoms with Gasteiger partial charge in [-0.1, -0.05) is 24.3 Å². The molecule has 2 aromatic carbocycles.